The van der Waals surface area contributed by atoms with Gasteiger partial charge in [-0.15, -0.1) is 0 Å². The SMILES string of the molecule is CC(Oc1ccc(F)c(F)c1)C(=O)NCc1cc(F)ccc1Br. The number of nitrogens with one attached hydrogen (secondary N) is 1. The summed E-state index contributed by atoms with van der Waals surface area (Å²) in [6.45, 7) is 1.57. The molecule has 0 spiro atoms. The molecule has 0 aliphatic heterocycles. The van der Waals surface area contributed by atoms with Crippen molar-refractivity contribution in [1.82, 2.24) is 5.32 Å². The van der Waals surface area contributed by atoms with Crippen LogP contribution < -0.4 is 10.1 Å². The van der Waals surface area contributed by atoms with Gasteiger partial charge in [-0.1, -0.05) is 15.9 Å². The van der Waals surface area contributed by atoms with Gasteiger partial charge in [0.05, 0.1) is 0 Å². The summed E-state index contributed by atoms with van der Waals surface area (Å²) in [5, 5.41) is 2.58. The molecule has 1 unspecified atom stereocenters. The minimum Gasteiger partial charge on any atom is -0.481 e. The number of carbonyl (C=O) groups excluding carboxylic acids is 1. The molecule has 0 bridgehead atoms. The number of ether oxygens (including phenoxy) is 1. The van der Waals surface area contributed by atoms with Gasteiger partial charge in [0.25, 0.3) is 5.91 Å². The third-order valence-corrected chi connectivity index (χ3v) is 3.81. The van der Waals surface area contributed by atoms with E-state index < -0.39 is 29.5 Å². The Morgan fingerprint density at radius 1 is 1.17 bits per heavy atom. The predicted octanol–water partition coefficient (Wildman–Crippen LogP) is 3.95. The second-order valence-corrected chi connectivity index (χ2v) is 5.64. The molecule has 2 aromatic rings. The lowest BCUT2D eigenvalue weighted by molar-refractivity contribution is -0.127. The van der Waals surface area contributed by atoms with Crippen molar-refractivity contribution in [2.24, 2.45) is 0 Å². The molecule has 23 heavy (non-hydrogen) atoms. The van der Waals surface area contributed by atoms with Crippen LogP contribution in [0.5, 0.6) is 5.75 Å². The second-order valence-electron chi connectivity index (χ2n) is 4.79. The Labute approximate surface area is 139 Å². The largest absolute Gasteiger partial charge is 0.481 e. The highest BCUT2D eigenvalue weighted by Crippen LogP contribution is 2.18. The van der Waals surface area contributed by atoms with Gasteiger partial charge in [-0.05, 0) is 42.8 Å². The molecule has 2 rings (SSSR count). The lowest BCUT2D eigenvalue weighted by Gasteiger charge is -2.15. The summed E-state index contributed by atoms with van der Waals surface area (Å²) >= 11 is 3.26. The number of benzene rings is 2. The first-order valence-corrected chi connectivity index (χ1v) is 7.49. The summed E-state index contributed by atoms with van der Waals surface area (Å²) in [6.07, 6.45) is -0.924. The number of amides is 1. The highest BCUT2D eigenvalue weighted by molar-refractivity contribution is 9.10. The lowest BCUT2D eigenvalue weighted by Crippen LogP contribution is -2.36. The summed E-state index contributed by atoms with van der Waals surface area (Å²) in [7, 11) is 0. The minimum absolute atomic E-state index is 0.0403. The maximum absolute atomic E-state index is 13.2. The molecule has 0 heterocycles. The van der Waals surface area contributed by atoms with Crippen LogP contribution in [0.3, 0.4) is 0 Å². The molecule has 0 saturated heterocycles. The van der Waals surface area contributed by atoms with Gasteiger partial charge in [0, 0.05) is 17.1 Å². The third-order valence-electron chi connectivity index (χ3n) is 3.03. The van der Waals surface area contributed by atoms with Crippen molar-refractivity contribution in [3.63, 3.8) is 0 Å². The van der Waals surface area contributed by atoms with E-state index in [0.717, 1.165) is 12.1 Å². The molecule has 1 atom stereocenters. The van der Waals surface area contributed by atoms with Crippen molar-refractivity contribution >= 4 is 21.8 Å². The van der Waals surface area contributed by atoms with Crippen LogP contribution in [-0.2, 0) is 11.3 Å². The maximum Gasteiger partial charge on any atom is 0.261 e. The zero-order chi connectivity index (χ0) is 17.0. The zero-order valence-electron chi connectivity index (χ0n) is 12.1. The van der Waals surface area contributed by atoms with Crippen LogP contribution in [0.15, 0.2) is 40.9 Å². The topological polar surface area (TPSA) is 38.3 Å². The highest BCUT2D eigenvalue weighted by Gasteiger charge is 2.16. The van der Waals surface area contributed by atoms with Gasteiger partial charge < -0.3 is 10.1 Å². The predicted molar refractivity (Wildman–Crippen MR) is 82.4 cm³/mol. The van der Waals surface area contributed by atoms with E-state index in [0.29, 0.717) is 10.0 Å². The number of hydrogen-bond acceptors (Lipinski definition) is 2. The molecule has 0 aliphatic rings. The van der Waals surface area contributed by atoms with Crippen LogP contribution >= 0.6 is 15.9 Å². The molecule has 2 aromatic carbocycles. The average Bonchev–Trinajstić information content (AvgIpc) is 2.51. The van der Waals surface area contributed by atoms with Crippen LogP contribution in [0.25, 0.3) is 0 Å². The van der Waals surface area contributed by atoms with Crippen LogP contribution in [0.4, 0.5) is 13.2 Å². The third kappa shape index (κ3) is 4.72. The highest BCUT2D eigenvalue weighted by atomic mass is 79.9. The van der Waals surface area contributed by atoms with Crippen LogP contribution in [0, 0.1) is 17.5 Å². The van der Waals surface area contributed by atoms with Crippen LogP contribution in [0.2, 0.25) is 0 Å². The first kappa shape index (κ1) is 17.3. The van der Waals surface area contributed by atoms with E-state index in [-0.39, 0.29) is 12.3 Å². The fourth-order valence-corrected chi connectivity index (χ4v) is 2.20. The molecule has 1 N–H and O–H groups in total. The number of carbonyl (C=O) groups is 1. The van der Waals surface area contributed by atoms with E-state index in [1.807, 2.05) is 0 Å². The molecular weight excluding hydrogens is 375 g/mol. The zero-order valence-corrected chi connectivity index (χ0v) is 13.7. The van der Waals surface area contributed by atoms with Gasteiger partial charge in [0.2, 0.25) is 0 Å². The van der Waals surface area contributed by atoms with Crippen LogP contribution in [0.1, 0.15) is 12.5 Å². The fraction of sp³-hybridized carbons (Fsp3) is 0.188. The van der Waals surface area contributed by atoms with Gasteiger partial charge in [-0.2, -0.15) is 0 Å². The quantitative estimate of drug-likeness (QED) is 0.843. The van der Waals surface area contributed by atoms with Crippen molar-refractivity contribution in [2.45, 2.75) is 19.6 Å². The smallest absolute Gasteiger partial charge is 0.261 e. The fourth-order valence-electron chi connectivity index (χ4n) is 1.81. The van der Waals surface area contributed by atoms with Gasteiger partial charge >= 0.3 is 0 Å². The Morgan fingerprint density at radius 2 is 1.91 bits per heavy atom. The molecule has 3 nitrogen and oxygen atoms in total. The monoisotopic (exact) mass is 387 g/mol. The van der Waals surface area contributed by atoms with Gasteiger partial charge in [0.1, 0.15) is 11.6 Å². The number of rotatable bonds is 5. The molecule has 1 amide bonds. The van der Waals surface area contributed by atoms with E-state index in [1.165, 1.54) is 31.2 Å². The molecule has 0 fully saturated rings. The van der Waals surface area contributed by atoms with Crippen molar-refractivity contribution < 1.29 is 22.7 Å². The van der Waals surface area contributed by atoms with Gasteiger partial charge in [-0.25, -0.2) is 13.2 Å². The molecule has 0 radical (unpaired) electrons. The van der Waals surface area contributed by atoms with E-state index in [1.54, 1.807) is 0 Å². The molecule has 7 heteroatoms. The first-order chi connectivity index (χ1) is 10.9. The summed E-state index contributed by atoms with van der Waals surface area (Å²) in [4.78, 5) is 12.0. The number of hydrogen-bond donors (Lipinski definition) is 1. The van der Waals surface area contributed by atoms with E-state index in [9.17, 15) is 18.0 Å². The lowest BCUT2D eigenvalue weighted by atomic mass is 10.2. The summed E-state index contributed by atoms with van der Waals surface area (Å²) in [5.74, 6) is -2.89. The second kappa shape index (κ2) is 7.50. The van der Waals surface area contributed by atoms with E-state index >= 15 is 0 Å². The Kier molecular flexibility index (Phi) is 5.65. The molecule has 0 saturated carbocycles. The van der Waals surface area contributed by atoms with E-state index in [4.69, 9.17) is 4.74 Å². The normalized spacial score (nSPS) is 11.9. The van der Waals surface area contributed by atoms with Crippen molar-refractivity contribution in [3.05, 3.63) is 63.9 Å². The van der Waals surface area contributed by atoms with Gasteiger partial charge in [-0.3, -0.25) is 4.79 Å². The van der Waals surface area contributed by atoms with Crippen molar-refractivity contribution in [2.75, 3.05) is 0 Å². The Morgan fingerprint density at radius 3 is 2.61 bits per heavy atom. The van der Waals surface area contributed by atoms with Gasteiger partial charge in [0.15, 0.2) is 17.7 Å². The standard InChI is InChI=1S/C16H13BrF3NO2/c1-9(23-12-3-5-14(19)15(20)7-12)16(22)21-8-10-6-11(18)2-4-13(10)17/h2-7,9H,8H2,1H3,(H,21,22). The summed E-state index contributed by atoms with van der Waals surface area (Å²) in [5.41, 5.74) is 0.568. The first-order valence-electron chi connectivity index (χ1n) is 6.70. The minimum atomic E-state index is -1.06. The molecule has 0 aromatic heterocycles. The van der Waals surface area contributed by atoms with Crippen LogP contribution in [-0.4, -0.2) is 12.0 Å². The Bertz CT molecular complexity index is 724. The Hall–Kier alpha value is -2.02. The van der Waals surface area contributed by atoms with Crippen molar-refractivity contribution in [1.29, 1.82) is 0 Å². The molecular formula is C16H13BrF3NO2. The van der Waals surface area contributed by atoms with Crippen molar-refractivity contribution in [3.8, 4) is 5.75 Å². The molecule has 0 aliphatic carbocycles. The van der Waals surface area contributed by atoms with E-state index in [2.05, 4.69) is 21.2 Å². The summed E-state index contributed by atoms with van der Waals surface area (Å²) in [6, 6.07) is 7.14. The average molecular weight is 388 g/mol. The molecule has 122 valence electrons. The Balaban J connectivity index is 1.94. The maximum atomic E-state index is 13.2. The number of halogens is 4. The summed E-state index contributed by atoms with van der Waals surface area (Å²) < 4.78 is 45.0.